The predicted molar refractivity (Wildman–Crippen MR) is 74.5 cm³/mol. The number of aromatic nitrogens is 2. The Kier molecular flexibility index (Phi) is 4.45. The average molecular weight is 281 g/mol. The highest BCUT2D eigenvalue weighted by atomic mass is 35.5. The molecule has 0 aliphatic carbocycles. The van der Waals surface area contributed by atoms with Crippen LogP contribution >= 0.6 is 11.6 Å². The number of ether oxygens (including phenoxy) is 1. The van der Waals surface area contributed by atoms with Crippen molar-refractivity contribution in [2.75, 3.05) is 0 Å². The molecule has 1 aromatic heterocycles. The van der Waals surface area contributed by atoms with Gasteiger partial charge in [-0.05, 0) is 30.7 Å². The van der Waals surface area contributed by atoms with Crippen LogP contribution in [0.1, 0.15) is 12.5 Å². The molecule has 19 heavy (non-hydrogen) atoms. The van der Waals surface area contributed by atoms with Crippen LogP contribution < -0.4 is 4.74 Å². The summed E-state index contributed by atoms with van der Waals surface area (Å²) in [6.07, 6.45) is 3.22. The smallest absolute Gasteiger partial charge is 0.122 e. The van der Waals surface area contributed by atoms with Crippen molar-refractivity contribution in [3.8, 4) is 5.75 Å². The minimum Gasteiger partial charge on any atom is -0.488 e. The van der Waals surface area contributed by atoms with E-state index in [0.29, 0.717) is 17.2 Å². The number of benzene rings is 1. The number of aliphatic hydroxyl groups is 1. The van der Waals surface area contributed by atoms with Gasteiger partial charge >= 0.3 is 0 Å². The molecule has 1 N–H and O–H groups in total. The molecule has 0 radical (unpaired) electrons. The monoisotopic (exact) mass is 280 g/mol. The SMILES string of the molecule is CC(Oc1cccc(Cl)c1)C(O)Cc1cnn(C)c1. The highest BCUT2D eigenvalue weighted by Crippen LogP contribution is 2.19. The summed E-state index contributed by atoms with van der Waals surface area (Å²) in [5, 5.41) is 14.8. The lowest BCUT2D eigenvalue weighted by Gasteiger charge is -2.20. The Morgan fingerprint density at radius 3 is 2.89 bits per heavy atom. The van der Waals surface area contributed by atoms with Crippen molar-refractivity contribution in [2.24, 2.45) is 7.05 Å². The Labute approximate surface area is 117 Å². The molecule has 0 aliphatic heterocycles. The van der Waals surface area contributed by atoms with E-state index in [-0.39, 0.29) is 6.10 Å². The average Bonchev–Trinajstić information content (AvgIpc) is 2.74. The van der Waals surface area contributed by atoms with E-state index in [1.165, 1.54) is 0 Å². The maximum atomic E-state index is 10.1. The fraction of sp³-hybridized carbons (Fsp3) is 0.357. The molecule has 2 atom stereocenters. The first-order valence-electron chi connectivity index (χ1n) is 6.12. The van der Waals surface area contributed by atoms with E-state index in [1.54, 1.807) is 23.0 Å². The summed E-state index contributed by atoms with van der Waals surface area (Å²) < 4.78 is 7.39. The molecule has 0 aliphatic rings. The number of nitrogens with zero attached hydrogens (tertiary/aromatic N) is 2. The van der Waals surface area contributed by atoms with E-state index in [1.807, 2.05) is 32.3 Å². The van der Waals surface area contributed by atoms with E-state index in [0.717, 1.165) is 5.56 Å². The summed E-state index contributed by atoms with van der Waals surface area (Å²) in [7, 11) is 1.85. The first-order chi connectivity index (χ1) is 9.04. The van der Waals surface area contributed by atoms with Crippen molar-refractivity contribution in [1.29, 1.82) is 0 Å². The highest BCUT2D eigenvalue weighted by Gasteiger charge is 2.17. The van der Waals surface area contributed by atoms with Crippen LogP contribution in [0.3, 0.4) is 0 Å². The molecule has 0 fully saturated rings. The summed E-state index contributed by atoms with van der Waals surface area (Å²) in [5.74, 6) is 0.658. The van der Waals surface area contributed by atoms with Gasteiger partial charge < -0.3 is 9.84 Å². The quantitative estimate of drug-likeness (QED) is 0.915. The molecule has 4 nitrogen and oxygen atoms in total. The van der Waals surface area contributed by atoms with Crippen molar-refractivity contribution in [2.45, 2.75) is 25.6 Å². The van der Waals surface area contributed by atoms with E-state index in [4.69, 9.17) is 16.3 Å². The second-order valence-electron chi connectivity index (χ2n) is 4.57. The molecule has 2 unspecified atom stereocenters. The zero-order valence-electron chi connectivity index (χ0n) is 11.0. The third kappa shape index (κ3) is 3.98. The molecule has 0 amide bonds. The topological polar surface area (TPSA) is 47.3 Å². The van der Waals surface area contributed by atoms with Gasteiger partial charge in [-0.2, -0.15) is 5.10 Å². The van der Waals surface area contributed by atoms with Gasteiger partial charge in [-0.1, -0.05) is 17.7 Å². The highest BCUT2D eigenvalue weighted by molar-refractivity contribution is 6.30. The summed E-state index contributed by atoms with van der Waals surface area (Å²) in [6, 6.07) is 7.15. The van der Waals surface area contributed by atoms with Gasteiger partial charge in [-0.3, -0.25) is 4.68 Å². The standard InChI is InChI=1S/C14H17ClN2O2/c1-10(19-13-5-3-4-12(15)7-13)14(18)6-11-8-16-17(2)9-11/h3-5,7-10,14,18H,6H2,1-2H3. The molecule has 5 heteroatoms. The minimum atomic E-state index is -0.594. The lowest BCUT2D eigenvalue weighted by Crippen LogP contribution is -2.30. The van der Waals surface area contributed by atoms with Crippen LogP contribution in [0, 0.1) is 0 Å². The normalized spacial score (nSPS) is 14.1. The summed E-state index contributed by atoms with van der Waals surface area (Å²) >= 11 is 5.89. The Balaban J connectivity index is 1.93. The molecule has 1 aromatic carbocycles. The third-order valence-electron chi connectivity index (χ3n) is 2.86. The first-order valence-corrected chi connectivity index (χ1v) is 6.50. The van der Waals surface area contributed by atoms with Crippen molar-refractivity contribution in [3.05, 3.63) is 47.2 Å². The molecule has 1 heterocycles. The zero-order chi connectivity index (χ0) is 13.8. The Morgan fingerprint density at radius 2 is 2.26 bits per heavy atom. The number of hydrogen-bond donors (Lipinski definition) is 1. The zero-order valence-corrected chi connectivity index (χ0v) is 11.7. The van der Waals surface area contributed by atoms with E-state index in [2.05, 4.69) is 5.10 Å². The minimum absolute atomic E-state index is 0.321. The number of aryl methyl sites for hydroxylation is 1. The van der Waals surface area contributed by atoms with E-state index < -0.39 is 6.10 Å². The van der Waals surface area contributed by atoms with E-state index >= 15 is 0 Å². The van der Waals surface area contributed by atoms with Gasteiger partial charge in [0.25, 0.3) is 0 Å². The van der Waals surface area contributed by atoms with Crippen molar-refractivity contribution < 1.29 is 9.84 Å². The molecular formula is C14H17ClN2O2. The van der Waals surface area contributed by atoms with Gasteiger partial charge in [-0.15, -0.1) is 0 Å². The van der Waals surface area contributed by atoms with Crippen LogP contribution in [0.15, 0.2) is 36.7 Å². The second-order valence-corrected chi connectivity index (χ2v) is 5.01. The van der Waals surface area contributed by atoms with Gasteiger partial charge in [0, 0.05) is 24.7 Å². The predicted octanol–water partition coefficient (Wildman–Crippen LogP) is 2.44. The molecular weight excluding hydrogens is 264 g/mol. The van der Waals surface area contributed by atoms with Crippen LogP contribution in [-0.2, 0) is 13.5 Å². The Hall–Kier alpha value is -1.52. The summed E-state index contributed by atoms with van der Waals surface area (Å²) in [6.45, 7) is 1.84. The van der Waals surface area contributed by atoms with Crippen molar-refractivity contribution in [3.63, 3.8) is 0 Å². The molecule has 0 bridgehead atoms. The number of aliphatic hydroxyl groups excluding tert-OH is 1. The van der Waals surface area contributed by atoms with E-state index in [9.17, 15) is 5.11 Å². The van der Waals surface area contributed by atoms with Gasteiger partial charge in [-0.25, -0.2) is 0 Å². The number of hydrogen-bond acceptors (Lipinski definition) is 3. The van der Waals surface area contributed by atoms with Crippen molar-refractivity contribution in [1.82, 2.24) is 9.78 Å². The maximum absolute atomic E-state index is 10.1. The molecule has 0 saturated carbocycles. The Bertz CT molecular complexity index is 542. The maximum Gasteiger partial charge on any atom is 0.122 e. The lowest BCUT2D eigenvalue weighted by atomic mass is 10.1. The van der Waals surface area contributed by atoms with Crippen molar-refractivity contribution >= 4 is 11.6 Å². The fourth-order valence-electron chi connectivity index (χ4n) is 1.82. The lowest BCUT2D eigenvalue weighted by molar-refractivity contribution is 0.0479. The van der Waals surface area contributed by atoms with Crippen LogP contribution in [0.2, 0.25) is 5.02 Å². The van der Waals surface area contributed by atoms with Crippen LogP contribution in [-0.4, -0.2) is 27.1 Å². The fourth-order valence-corrected chi connectivity index (χ4v) is 2.00. The van der Waals surface area contributed by atoms with Gasteiger partial charge in [0.1, 0.15) is 11.9 Å². The molecule has 2 rings (SSSR count). The first kappa shape index (κ1) is 13.9. The molecule has 102 valence electrons. The van der Waals surface area contributed by atoms with Gasteiger partial charge in [0.05, 0.1) is 12.3 Å². The van der Waals surface area contributed by atoms with Crippen LogP contribution in [0.5, 0.6) is 5.75 Å². The molecule has 0 saturated heterocycles. The number of rotatable bonds is 5. The molecule has 0 spiro atoms. The summed E-state index contributed by atoms with van der Waals surface area (Å²) in [4.78, 5) is 0. The summed E-state index contributed by atoms with van der Waals surface area (Å²) in [5.41, 5.74) is 0.983. The Morgan fingerprint density at radius 1 is 1.47 bits per heavy atom. The third-order valence-corrected chi connectivity index (χ3v) is 3.10. The number of halogens is 1. The molecule has 2 aromatic rings. The van der Waals surface area contributed by atoms with Gasteiger partial charge in [0.15, 0.2) is 0 Å². The largest absolute Gasteiger partial charge is 0.488 e. The van der Waals surface area contributed by atoms with Gasteiger partial charge in [0.2, 0.25) is 0 Å². The second kappa shape index (κ2) is 6.08. The van der Waals surface area contributed by atoms with Crippen LogP contribution in [0.25, 0.3) is 0 Å². The van der Waals surface area contributed by atoms with Crippen LogP contribution in [0.4, 0.5) is 0 Å².